The van der Waals surface area contributed by atoms with E-state index in [1.165, 1.54) is 17.4 Å². The molecule has 2 aromatic heterocycles. The number of thiazole rings is 1. The van der Waals surface area contributed by atoms with E-state index in [9.17, 15) is 15.2 Å². The van der Waals surface area contributed by atoms with Crippen LogP contribution >= 0.6 is 22.9 Å². The summed E-state index contributed by atoms with van der Waals surface area (Å²) < 4.78 is 13.1. The summed E-state index contributed by atoms with van der Waals surface area (Å²) in [5.74, 6) is 0.287. The second-order valence-electron chi connectivity index (χ2n) is 10.6. The number of hydrogen-bond donors (Lipinski definition) is 1. The number of ether oxygens (including phenoxy) is 1. The Bertz CT molecular complexity index is 1620. The molecule has 0 amide bonds. The monoisotopic (exact) mass is 560 g/mol. The van der Waals surface area contributed by atoms with Gasteiger partial charge in [0.2, 0.25) is 0 Å². The van der Waals surface area contributed by atoms with Crippen molar-refractivity contribution in [3.63, 3.8) is 0 Å². The molecular formula is C29H25ClN4O4S. The molecule has 2 unspecified atom stereocenters. The van der Waals surface area contributed by atoms with Crippen molar-refractivity contribution in [2.75, 3.05) is 4.90 Å². The summed E-state index contributed by atoms with van der Waals surface area (Å²) in [6.07, 6.45) is 6.18. The van der Waals surface area contributed by atoms with Crippen LogP contribution in [0.3, 0.4) is 0 Å². The van der Waals surface area contributed by atoms with E-state index >= 15 is 0 Å². The number of hydrogen-bond acceptors (Lipinski definition) is 8. The van der Waals surface area contributed by atoms with Crippen molar-refractivity contribution in [3.05, 3.63) is 63.9 Å². The number of nitrogens with zero attached hydrogens (tertiary/aromatic N) is 4. The summed E-state index contributed by atoms with van der Waals surface area (Å²) in [5, 5.41) is 24.9. The van der Waals surface area contributed by atoms with Crippen LogP contribution in [0.25, 0.3) is 21.5 Å². The number of piperidine rings is 1. The van der Waals surface area contributed by atoms with Crippen molar-refractivity contribution in [2.45, 2.75) is 69.2 Å². The molecule has 0 spiro atoms. The van der Waals surface area contributed by atoms with Crippen molar-refractivity contribution in [3.8, 4) is 17.3 Å². The number of rotatable bonds is 7. The van der Waals surface area contributed by atoms with E-state index in [-0.39, 0.29) is 23.8 Å². The van der Waals surface area contributed by atoms with Gasteiger partial charge in [-0.2, -0.15) is 5.26 Å². The predicted octanol–water partition coefficient (Wildman–Crippen LogP) is 6.77. The zero-order chi connectivity index (χ0) is 26.7. The van der Waals surface area contributed by atoms with E-state index in [1.807, 2.05) is 24.3 Å². The van der Waals surface area contributed by atoms with Crippen LogP contribution in [-0.4, -0.2) is 39.4 Å². The Labute approximate surface area is 233 Å². The third kappa shape index (κ3) is 4.37. The molecule has 2 atom stereocenters. The van der Waals surface area contributed by atoms with Crippen LogP contribution in [0.2, 0.25) is 5.02 Å². The van der Waals surface area contributed by atoms with Gasteiger partial charge < -0.3 is 19.3 Å². The summed E-state index contributed by atoms with van der Waals surface area (Å²) in [6, 6.07) is 13.4. The molecule has 2 saturated heterocycles. The van der Waals surface area contributed by atoms with Gasteiger partial charge in [-0.05, 0) is 56.7 Å². The predicted molar refractivity (Wildman–Crippen MR) is 147 cm³/mol. The largest absolute Gasteiger partial charge is 0.478 e. The highest BCUT2D eigenvalue weighted by Gasteiger charge is 2.43. The molecule has 1 saturated carbocycles. The summed E-state index contributed by atoms with van der Waals surface area (Å²) >= 11 is 7.96. The first-order valence-electron chi connectivity index (χ1n) is 13.2. The van der Waals surface area contributed by atoms with E-state index in [1.54, 1.807) is 6.07 Å². The van der Waals surface area contributed by atoms with E-state index in [0.29, 0.717) is 28.6 Å². The number of carboxylic acid groups (broad SMARTS) is 1. The first-order valence-corrected chi connectivity index (χ1v) is 14.4. The lowest BCUT2D eigenvalue weighted by Crippen LogP contribution is -2.45. The van der Waals surface area contributed by atoms with Gasteiger partial charge in [0, 0.05) is 29.1 Å². The number of aromatic nitrogens is 2. The van der Waals surface area contributed by atoms with Crippen molar-refractivity contribution >= 4 is 44.3 Å². The highest BCUT2D eigenvalue weighted by molar-refractivity contribution is 7.22. The first-order chi connectivity index (χ1) is 19.0. The van der Waals surface area contributed by atoms with Crippen molar-refractivity contribution in [2.24, 2.45) is 0 Å². The molecule has 8 nitrogen and oxygen atoms in total. The lowest BCUT2D eigenvalue weighted by atomic mass is 10.00. The van der Waals surface area contributed by atoms with E-state index < -0.39 is 5.97 Å². The van der Waals surface area contributed by atoms with Crippen LogP contribution in [0.4, 0.5) is 5.13 Å². The van der Waals surface area contributed by atoms with Gasteiger partial charge in [-0.25, -0.2) is 9.78 Å². The molecule has 1 aliphatic carbocycles. The van der Waals surface area contributed by atoms with Crippen LogP contribution in [-0.2, 0) is 11.3 Å². The fraction of sp³-hybridized carbons (Fsp3) is 0.379. The quantitative estimate of drug-likeness (QED) is 0.263. The smallest absolute Gasteiger partial charge is 0.335 e. The summed E-state index contributed by atoms with van der Waals surface area (Å²) in [7, 11) is 0. The number of fused-ring (bicyclic) bond motifs is 3. The molecular weight excluding hydrogens is 536 g/mol. The third-order valence-electron chi connectivity index (χ3n) is 8.12. The molecule has 2 aliphatic heterocycles. The highest BCUT2D eigenvalue weighted by Crippen LogP contribution is 2.46. The Hall–Kier alpha value is -3.45. The third-order valence-corrected chi connectivity index (χ3v) is 9.47. The Kier molecular flexibility index (Phi) is 6.07. The molecule has 39 heavy (non-hydrogen) atoms. The summed E-state index contributed by atoms with van der Waals surface area (Å²) in [6.45, 7) is 0.435. The van der Waals surface area contributed by atoms with Crippen LogP contribution in [0.15, 0.2) is 40.9 Å². The number of anilines is 1. The van der Waals surface area contributed by atoms with Crippen molar-refractivity contribution < 1.29 is 19.2 Å². The molecule has 3 aliphatic rings. The topological polar surface area (TPSA) is 112 Å². The Balaban J connectivity index is 1.11. The Morgan fingerprint density at radius 1 is 1.21 bits per heavy atom. The Morgan fingerprint density at radius 2 is 1.97 bits per heavy atom. The summed E-state index contributed by atoms with van der Waals surface area (Å²) in [5.41, 5.74) is 3.62. The average molecular weight is 561 g/mol. The standard InChI is InChI=1S/C29H25ClN4O4S/c30-23-4-2-1-3-21(23)26-22(27(38-33-26)15-5-6-15)14-37-20-11-18-7-8-19(12-20)34(18)29-32-25-17(13-31)9-16(28(35)36)10-24(25)39-29/h1-4,9-10,15,18-20H,5-8,11-12,14H2,(H,35,36). The number of nitriles is 1. The molecule has 3 fully saturated rings. The molecule has 4 heterocycles. The minimum Gasteiger partial charge on any atom is -0.478 e. The molecule has 2 aromatic carbocycles. The van der Waals surface area contributed by atoms with E-state index in [0.717, 1.165) is 70.9 Å². The number of carbonyl (C=O) groups is 1. The van der Waals surface area contributed by atoms with Gasteiger partial charge in [-0.15, -0.1) is 0 Å². The van der Waals surface area contributed by atoms with Crippen molar-refractivity contribution in [1.82, 2.24) is 10.1 Å². The van der Waals surface area contributed by atoms with Crippen LogP contribution in [0.5, 0.6) is 0 Å². The number of carboxylic acids is 1. The van der Waals surface area contributed by atoms with Crippen LogP contribution in [0, 0.1) is 11.3 Å². The zero-order valence-electron chi connectivity index (χ0n) is 21.0. The molecule has 1 N–H and O–H groups in total. The van der Waals surface area contributed by atoms with Gasteiger partial charge in [-0.1, -0.05) is 46.3 Å². The lowest BCUT2D eigenvalue weighted by Gasteiger charge is -2.38. The second-order valence-corrected chi connectivity index (χ2v) is 12.0. The minimum absolute atomic E-state index is 0.0995. The van der Waals surface area contributed by atoms with Crippen LogP contribution in [0.1, 0.15) is 71.7 Å². The van der Waals surface area contributed by atoms with Gasteiger partial charge in [0.15, 0.2) is 5.13 Å². The fourth-order valence-corrected chi connectivity index (χ4v) is 7.51. The van der Waals surface area contributed by atoms with Crippen LogP contribution < -0.4 is 4.90 Å². The Morgan fingerprint density at radius 3 is 2.67 bits per heavy atom. The summed E-state index contributed by atoms with van der Waals surface area (Å²) in [4.78, 5) is 18.7. The van der Waals surface area contributed by atoms with Gasteiger partial charge in [0.05, 0.1) is 33.6 Å². The number of aromatic carboxylic acids is 1. The van der Waals surface area contributed by atoms with Gasteiger partial charge >= 0.3 is 5.97 Å². The van der Waals surface area contributed by atoms with Gasteiger partial charge in [0.1, 0.15) is 23.0 Å². The zero-order valence-corrected chi connectivity index (χ0v) is 22.5. The SMILES string of the molecule is N#Cc1cc(C(=O)O)cc2sc(N3C4CCC3CC(OCc3c(-c5ccccc5Cl)noc3C3CC3)C4)nc12. The fourth-order valence-electron chi connectivity index (χ4n) is 6.11. The first kappa shape index (κ1) is 24.6. The second kappa shape index (κ2) is 9.63. The molecule has 4 aromatic rings. The molecule has 10 heteroatoms. The molecule has 0 radical (unpaired) electrons. The highest BCUT2D eigenvalue weighted by atomic mass is 35.5. The van der Waals surface area contributed by atoms with Crippen molar-refractivity contribution in [1.29, 1.82) is 5.26 Å². The number of halogens is 1. The molecule has 2 bridgehead atoms. The van der Waals surface area contributed by atoms with E-state index in [2.05, 4.69) is 16.1 Å². The molecule has 7 rings (SSSR count). The average Bonchev–Trinajstić information content (AvgIpc) is 3.45. The molecule has 198 valence electrons. The normalized spacial score (nSPS) is 22.4. The lowest BCUT2D eigenvalue weighted by molar-refractivity contribution is 0.0147. The maximum Gasteiger partial charge on any atom is 0.335 e. The maximum atomic E-state index is 11.5. The van der Waals surface area contributed by atoms with Gasteiger partial charge in [0.25, 0.3) is 0 Å². The van der Waals surface area contributed by atoms with Gasteiger partial charge in [-0.3, -0.25) is 0 Å². The minimum atomic E-state index is -1.04. The maximum absolute atomic E-state index is 11.5. The number of benzene rings is 2. The van der Waals surface area contributed by atoms with E-state index in [4.69, 9.17) is 25.8 Å².